The molecule has 0 aliphatic heterocycles. The van der Waals surface area contributed by atoms with Crippen LogP contribution in [-0.2, 0) is 6.18 Å². The standard InChI is InChI=1S/C19H11F3N2O4.2Na/c20-19(21,22)18-14(10-8-23-24(9-10)11-4-2-1-3-5-11)15(26)12-6-7-13(25)16(27)17(12)28-18;;/h1-9,25,27H;;/q;2*+1/p-2. The molecule has 0 atom stereocenters. The van der Waals surface area contributed by atoms with Crippen LogP contribution in [0.25, 0.3) is 27.8 Å². The van der Waals surface area contributed by atoms with E-state index in [9.17, 15) is 28.2 Å². The van der Waals surface area contributed by atoms with E-state index in [2.05, 4.69) is 5.10 Å². The Bertz CT molecular complexity index is 1250. The van der Waals surface area contributed by atoms with E-state index in [1.807, 2.05) is 0 Å². The van der Waals surface area contributed by atoms with Crippen molar-refractivity contribution in [2.75, 3.05) is 0 Å². The van der Waals surface area contributed by atoms with Gasteiger partial charge in [0.05, 0.1) is 22.8 Å². The Morgan fingerprint density at radius 1 is 1.00 bits per heavy atom. The van der Waals surface area contributed by atoms with Crippen LogP contribution in [-0.4, -0.2) is 9.78 Å². The zero-order valence-electron chi connectivity index (χ0n) is 15.9. The second kappa shape index (κ2) is 9.17. The van der Waals surface area contributed by atoms with E-state index >= 15 is 0 Å². The molecule has 0 N–H and O–H groups in total. The molecule has 0 radical (unpaired) electrons. The van der Waals surface area contributed by atoms with Crippen LogP contribution in [0, 0.1) is 0 Å². The molecular weight excluding hydrogens is 423 g/mol. The number of hydrogen-bond donors (Lipinski definition) is 0. The molecule has 0 unspecified atom stereocenters. The summed E-state index contributed by atoms with van der Waals surface area (Å²) in [5, 5.41) is 26.9. The topological polar surface area (TPSA) is 94.2 Å². The molecule has 30 heavy (non-hydrogen) atoms. The van der Waals surface area contributed by atoms with Gasteiger partial charge in [0.2, 0.25) is 11.2 Å². The fourth-order valence-corrected chi connectivity index (χ4v) is 2.85. The van der Waals surface area contributed by atoms with E-state index in [-0.39, 0.29) is 64.7 Å². The Labute approximate surface area is 211 Å². The molecule has 0 saturated carbocycles. The third kappa shape index (κ3) is 4.32. The molecule has 4 rings (SSSR count). The number of halogens is 3. The van der Waals surface area contributed by atoms with Crippen LogP contribution in [0.3, 0.4) is 0 Å². The summed E-state index contributed by atoms with van der Waals surface area (Å²) in [5.74, 6) is -4.01. The van der Waals surface area contributed by atoms with Crippen molar-refractivity contribution >= 4 is 11.0 Å². The first-order valence-electron chi connectivity index (χ1n) is 7.93. The SMILES string of the molecule is O=c1c(-c2cnn(-c3ccccc3)c2)c(C(F)(F)F)oc2c([O-])c([O-])ccc12.[Na+].[Na+]. The molecule has 0 spiro atoms. The third-order valence-corrected chi connectivity index (χ3v) is 4.13. The number of aromatic nitrogens is 2. The van der Waals surface area contributed by atoms with Crippen LogP contribution >= 0.6 is 0 Å². The summed E-state index contributed by atoms with van der Waals surface area (Å²) in [6.07, 6.45) is -2.72. The molecule has 11 heteroatoms. The van der Waals surface area contributed by atoms with Gasteiger partial charge in [-0.25, -0.2) is 4.68 Å². The minimum atomic E-state index is -5.07. The second-order valence-corrected chi connectivity index (χ2v) is 5.91. The number of hydrogen-bond acceptors (Lipinski definition) is 5. The molecule has 0 saturated heterocycles. The average molecular weight is 432 g/mol. The van der Waals surface area contributed by atoms with Gasteiger partial charge in [0.15, 0.2) is 0 Å². The van der Waals surface area contributed by atoms with Gasteiger partial charge < -0.3 is 14.6 Å². The molecule has 142 valence electrons. The van der Waals surface area contributed by atoms with Gasteiger partial charge in [-0.15, -0.1) is 5.75 Å². The minimum absolute atomic E-state index is 0. The Balaban J connectivity index is 0.00000160. The largest absolute Gasteiger partial charge is 1.00 e. The van der Waals surface area contributed by atoms with Gasteiger partial charge in [-0.05, 0) is 18.2 Å². The smallest absolute Gasteiger partial charge is 0.873 e. The van der Waals surface area contributed by atoms with Crippen LogP contribution in [0.2, 0.25) is 0 Å². The molecular formula is C19H9F3N2Na2O4. The molecule has 2 aromatic carbocycles. The Kier molecular flexibility index (Phi) is 7.49. The summed E-state index contributed by atoms with van der Waals surface area (Å²) in [4.78, 5) is 12.8. The van der Waals surface area contributed by atoms with Crippen LogP contribution in [0.15, 0.2) is 64.1 Å². The molecule has 6 nitrogen and oxygen atoms in total. The molecule has 0 bridgehead atoms. The summed E-state index contributed by atoms with van der Waals surface area (Å²) in [5.41, 5.74) is -2.32. The zero-order chi connectivity index (χ0) is 20.1. The Morgan fingerprint density at radius 2 is 1.67 bits per heavy atom. The number of benzene rings is 2. The molecule has 2 aromatic heterocycles. The van der Waals surface area contributed by atoms with Gasteiger partial charge in [-0.2, -0.15) is 18.3 Å². The molecule has 0 amide bonds. The maximum Gasteiger partial charge on any atom is 1.00 e. The molecule has 4 aromatic rings. The van der Waals surface area contributed by atoms with Crippen molar-refractivity contribution in [1.29, 1.82) is 0 Å². The summed E-state index contributed by atoms with van der Waals surface area (Å²) in [6, 6.07) is 10.4. The van der Waals surface area contributed by atoms with Gasteiger partial charge in [0.25, 0.3) is 0 Å². The average Bonchev–Trinajstić information content (AvgIpc) is 3.14. The van der Waals surface area contributed by atoms with Gasteiger partial charge in [0.1, 0.15) is 5.58 Å². The predicted octanol–water partition coefficient (Wildman–Crippen LogP) is -3.18. The van der Waals surface area contributed by atoms with Crippen molar-refractivity contribution in [3.63, 3.8) is 0 Å². The number of nitrogens with zero attached hydrogens (tertiary/aromatic N) is 2. The van der Waals surface area contributed by atoms with E-state index < -0.39 is 45.4 Å². The monoisotopic (exact) mass is 432 g/mol. The van der Waals surface area contributed by atoms with Crippen molar-refractivity contribution in [3.05, 3.63) is 70.8 Å². The zero-order valence-corrected chi connectivity index (χ0v) is 19.9. The summed E-state index contributed by atoms with van der Waals surface area (Å²) in [7, 11) is 0. The van der Waals surface area contributed by atoms with Crippen LogP contribution < -0.4 is 74.8 Å². The van der Waals surface area contributed by atoms with Gasteiger partial charge in [-0.1, -0.05) is 30.0 Å². The Morgan fingerprint density at radius 3 is 2.30 bits per heavy atom. The normalized spacial score (nSPS) is 11.0. The van der Waals surface area contributed by atoms with Crippen molar-refractivity contribution in [1.82, 2.24) is 9.78 Å². The van der Waals surface area contributed by atoms with Crippen molar-refractivity contribution < 1.29 is 86.9 Å². The van der Waals surface area contributed by atoms with E-state index in [4.69, 9.17) is 4.42 Å². The number of rotatable bonds is 2. The van der Waals surface area contributed by atoms with Crippen LogP contribution in [0.4, 0.5) is 13.2 Å². The van der Waals surface area contributed by atoms with Crippen LogP contribution in [0.1, 0.15) is 5.76 Å². The van der Waals surface area contributed by atoms with E-state index in [0.717, 1.165) is 18.3 Å². The van der Waals surface area contributed by atoms with Gasteiger partial charge in [-0.3, -0.25) is 4.79 Å². The molecule has 0 aliphatic rings. The van der Waals surface area contributed by atoms with E-state index in [0.29, 0.717) is 5.69 Å². The minimum Gasteiger partial charge on any atom is -0.873 e. The fourth-order valence-electron chi connectivity index (χ4n) is 2.85. The van der Waals surface area contributed by atoms with E-state index in [1.54, 1.807) is 30.3 Å². The number of para-hydroxylation sites is 1. The van der Waals surface area contributed by atoms with Crippen molar-refractivity contribution in [2.24, 2.45) is 0 Å². The number of alkyl halides is 3. The molecule has 0 aliphatic carbocycles. The van der Waals surface area contributed by atoms with Crippen molar-refractivity contribution in [2.45, 2.75) is 6.18 Å². The maximum atomic E-state index is 13.6. The first-order chi connectivity index (χ1) is 13.3. The van der Waals surface area contributed by atoms with E-state index in [1.165, 1.54) is 10.9 Å². The predicted molar refractivity (Wildman–Crippen MR) is 88.9 cm³/mol. The van der Waals surface area contributed by atoms with Gasteiger partial charge >= 0.3 is 65.3 Å². The number of fused-ring (bicyclic) bond motifs is 1. The van der Waals surface area contributed by atoms with Crippen LogP contribution in [0.5, 0.6) is 11.5 Å². The summed E-state index contributed by atoms with van der Waals surface area (Å²) in [6.45, 7) is 0. The van der Waals surface area contributed by atoms with Crippen molar-refractivity contribution in [3.8, 4) is 28.3 Å². The summed E-state index contributed by atoms with van der Waals surface area (Å²) >= 11 is 0. The first kappa shape index (κ1) is 24.5. The molecule has 2 heterocycles. The quantitative estimate of drug-likeness (QED) is 0.312. The fraction of sp³-hybridized carbons (Fsp3) is 0.0526. The maximum absolute atomic E-state index is 13.6. The molecule has 0 fully saturated rings. The Hall–Kier alpha value is -1.75. The van der Waals surface area contributed by atoms with Gasteiger partial charge in [0, 0.05) is 11.8 Å². The third-order valence-electron chi connectivity index (χ3n) is 4.13. The second-order valence-electron chi connectivity index (χ2n) is 5.91. The first-order valence-corrected chi connectivity index (χ1v) is 7.93. The summed E-state index contributed by atoms with van der Waals surface area (Å²) < 4.78 is 46.7.